The fraction of sp³-hybridized carbons (Fsp3) is 0.211. The van der Waals surface area contributed by atoms with Crippen LogP contribution in [0.4, 0.5) is 14.5 Å². The second-order valence-electron chi connectivity index (χ2n) is 13.2. The number of likely N-dealkylation sites (tertiary alicyclic amines) is 1. The van der Waals surface area contributed by atoms with Gasteiger partial charge < -0.3 is 9.73 Å². The van der Waals surface area contributed by atoms with E-state index in [4.69, 9.17) is 14.4 Å². The number of halogens is 2. The zero-order valence-corrected chi connectivity index (χ0v) is 29.3. The Labute approximate surface area is 296 Å². The van der Waals surface area contributed by atoms with Crippen LogP contribution in [0.2, 0.25) is 0 Å². The first-order chi connectivity index (χ1) is 24.8. The van der Waals surface area contributed by atoms with Crippen molar-refractivity contribution >= 4 is 60.0 Å². The number of pyridine rings is 1. The van der Waals surface area contributed by atoms with E-state index < -0.39 is 15.9 Å². The third-order valence-corrected chi connectivity index (χ3v) is 10.7. The van der Waals surface area contributed by atoms with Crippen LogP contribution in [0.15, 0.2) is 77.2 Å². The maximum Gasteiger partial charge on any atom is 0.272 e. The SMILES string of the molecule is CNC(=O)c1c(-c2ccc(C)cc2)oc2cc(N(C)S(C)(=O)=O)c(-c3ccc4nc(CN5CC(F)(F)C5)n5c6cccc(C#N)c6cc5c4n3)cc12. The minimum atomic E-state index is -3.78. The molecule has 0 aliphatic carbocycles. The van der Waals surface area contributed by atoms with Gasteiger partial charge in [0.15, 0.2) is 0 Å². The summed E-state index contributed by atoms with van der Waals surface area (Å²) in [5.41, 5.74) is 5.97. The molecule has 0 radical (unpaired) electrons. The molecule has 5 heterocycles. The van der Waals surface area contributed by atoms with E-state index in [9.17, 15) is 27.3 Å². The molecule has 3 aromatic carbocycles. The maximum atomic E-state index is 13.8. The van der Waals surface area contributed by atoms with E-state index in [-0.39, 0.29) is 36.8 Å². The Hall–Kier alpha value is -5.91. The fourth-order valence-corrected chi connectivity index (χ4v) is 7.42. The highest BCUT2D eigenvalue weighted by atomic mass is 32.2. The van der Waals surface area contributed by atoms with Gasteiger partial charge in [0.1, 0.15) is 22.7 Å². The lowest BCUT2D eigenvalue weighted by atomic mass is 10.00. The number of aromatic nitrogens is 3. The van der Waals surface area contributed by atoms with Crippen LogP contribution in [0.25, 0.3) is 61.0 Å². The molecule has 0 spiro atoms. The molecule has 262 valence electrons. The van der Waals surface area contributed by atoms with Gasteiger partial charge in [-0.05, 0) is 43.3 Å². The number of nitriles is 1. The topological polar surface area (TPSA) is 137 Å². The van der Waals surface area contributed by atoms with Crippen LogP contribution in [0.5, 0.6) is 0 Å². The lowest BCUT2D eigenvalue weighted by Gasteiger charge is -2.38. The van der Waals surface area contributed by atoms with Gasteiger partial charge in [0.2, 0.25) is 10.0 Å². The van der Waals surface area contributed by atoms with Crippen LogP contribution in [0.3, 0.4) is 0 Å². The number of rotatable bonds is 7. The number of furan rings is 1. The first-order valence-corrected chi connectivity index (χ1v) is 18.2. The lowest BCUT2D eigenvalue weighted by molar-refractivity contribution is -0.134. The van der Waals surface area contributed by atoms with Crippen molar-refractivity contribution in [2.75, 3.05) is 37.7 Å². The zero-order chi connectivity index (χ0) is 36.7. The molecule has 0 unspecified atom stereocenters. The molecule has 1 aliphatic rings. The molecule has 52 heavy (non-hydrogen) atoms. The van der Waals surface area contributed by atoms with Crippen molar-refractivity contribution in [3.05, 3.63) is 95.3 Å². The van der Waals surface area contributed by atoms with Crippen molar-refractivity contribution in [2.24, 2.45) is 0 Å². The first kappa shape index (κ1) is 33.2. The summed E-state index contributed by atoms with van der Waals surface area (Å²) in [6.45, 7) is 1.33. The fourth-order valence-electron chi connectivity index (χ4n) is 6.91. The monoisotopic (exact) mass is 719 g/mol. The van der Waals surface area contributed by atoms with Crippen molar-refractivity contribution in [2.45, 2.75) is 19.4 Å². The normalized spacial score (nSPS) is 14.6. The molecular formula is C38H31F2N7O4S. The van der Waals surface area contributed by atoms with E-state index in [1.807, 2.05) is 47.7 Å². The molecule has 0 bridgehead atoms. The first-order valence-electron chi connectivity index (χ1n) is 16.3. The van der Waals surface area contributed by atoms with E-state index in [0.717, 1.165) is 16.1 Å². The number of benzene rings is 3. The number of aryl methyl sites for hydroxylation is 1. The molecule has 1 fully saturated rings. The molecule has 14 heteroatoms. The molecule has 1 aliphatic heterocycles. The molecule has 0 atom stereocenters. The van der Waals surface area contributed by atoms with Crippen molar-refractivity contribution in [3.63, 3.8) is 0 Å². The molecule has 8 rings (SSSR count). The molecule has 11 nitrogen and oxygen atoms in total. The van der Waals surface area contributed by atoms with Crippen molar-refractivity contribution in [3.8, 4) is 28.7 Å². The number of anilines is 1. The van der Waals surface area contributed by atoms with Crippen molar-refractivity contribution < 1.29 is 26.4 Å². The van der Waals surface area contributed by atoms with E-state index in [2.05, 4.69) is 11.4 Å². The van der Waals surface area contributed by atoms with Gasteiger partial charge in [0.25, 0.3) is 11.8 Å². The van der Waals surface area contributed by atoms with Gasteiger partial charge in [-0.1, -0.05) is 35.9 Å². The Kier molecular flexibility index (Phi) is 7.56. The van der Waals surface area contributed by atoms with Crippen LogP contribution in [-0.4, -0.2) is 73.0 Å². The largest absolute Gasteiger partial charge is 0.455 e. The Balaban J connectivity index is 1.40. The minimum Gasteiger partial charge on any atom is -0.455 e. The van der Waals surface area contributed by atoms with Crippen LogP contribution >= 0.6 is 0 Å². The minimum absolute atomic E-state index is 0.149. The summed E-state index contributed by atoms with van der Waals surface area (Å²) in [6.07, 6.45) is 1.09. The molecule has 1 N–H and O–H groups in total. The maximum absolute atomic E-state index is 13.8. The van der Waals surface area contributed by atoms with Crippen LogP contribution in [0, 0.1) is 18.3 Å². The number of hydrogen-bond acceptors (Lipinski definition) is 8. The lowest BCUT2D eigenvalue weighted by Crippen LogP contribution is -2.55. The third-order valence-electron chi connectivity index (χ3n) is 9.55. The number of alkyl halides is 2. The summed E-state index contributed by atoms with van der Waals surface area (Å²) in [7, 11) is -0.827. The Morgan fingerprint density at radius 2 is 1.79 bits per heavy atom. The number of nitrogens with zero attached hydrogens (tertiary/aromatic N) is 6. The average Bonchev–Trinajstić information content (AvgIpc) is 3.69. The number of carbonyl (C=O) groups excluding carboxylic acids is 1. The predicted molar refractivity (Wildman–Crippen MR) is 195 cm³/mol. The quantitative estimate of drug-likeness (QED) is 0.197. The summed E-state index contributed by atoms with van der Waals surface area (Å²) in [6, 6.07) is 23.6. The summed E-state index contributed by atoms with van der Waals surface area (Å²) in [5.74, 6) is -2.31. The third kappa shape index (κ3) is 5.40. The molecule has 4 aromatic heterocycles. The second kappa shape index (κ2) is 11.8. The number of fused-ring (bicyclic) bond motifs is 6. The van der Waals surface area contributed by atoms with E-state index in [1.54, 1.807) is 41.3 Å². The summed E-state index contributed by atoms with van der Waals surface area (Å²) in [5, 5.41) is 13.7. The van der Waals surface area contributed by atoms with Gasteiger partial charge >= 0.3 is 0 Å². The number of sulfonamides is 1. The van der Waals surface area contributed by atoms with Gasteiger partial charge in [-0.15, -0.1) is 0 Å². The van der Waals surface area contributed by atoms with E-state index in [0.29, 0.717) is 72.4 Å². The van der Waals surface area contributed by atoms with Gasteiger partial charge in [-0.3, -0.25) is 18.4 Å². The number of amides is 1. The Bertz CT molecular complexity index is 2780. The zero-order valence-electron chi connectivity index (χ0n) is 28.5. The average molecular weight is 720 g/mol. The Morgan fingerprint density at radius 3 is 2.46 bits per heavy atom. The molecule has 1 saturated heterocycles. The van der Waals surface area contributed by atoms with E-state index in [1.165, 1.54) is 14.1 Å². The summed E-state index contributed by atoms with van der Waals surface area (Å²) in [4.78, 5) is 25.0. The standard InChI is InChI=1S/C38H31F2N7O4S/c1-21-8-10-22(11-9-21)36-34(37(48)42-2)26-14-25(30(16-32(26)51-36)45(3)52(4,49)50)27-12-13-28-35(44-27)31-15-24-23(17-41)6-5-7-29(24)47(31)33(43-28)18-46-19-38(39,40)20-46/h5-16H,18-20H2,1-4H3,(H,42,48). The Morgan fingerprint density at radius 1 is 1.04 bits per heavy atom. The van der Waals surface area contributed by atoms with Crippen molar-refractivity contribution in [1.29, 1.82) is 5.26 Å². The van der Waals surface area contributed by atoms with Gasteiger partial charge in [-0.25, -0.2) is 27.2 Å². The highest BCUT2D eigenvalue weighted by Gasteiger charge is 2.44. The van der Waals surface area contributed by atoms with Gasteiger partial charge in [0.05, 0.1) is 71.0 Å². The highest BCUT2D eigenvalue weighted by molar-refractivity contribution is 7.92. The molecule has 1 amide bonds. The molecule has 0 saturated carbocycles. The number of hydrogen-bond donors (Lipinski definition) is 1. The van der Waals surface area contributed by atoms with Crippen LogP contribution in [-0.2, 0) is 16.6 Å². The van der Waals surface area contributed by atoms with Crippen LogP contribution in [0.1, 0.15) is 27.3 Å². The summed E-state index contributed by atoms with van der Waals surface area (Å²) >= 11 is 0. The smallest absolute Gasteiger partial charge is 0.272 e. The predicted octanol–water partition coefficient (Wildman–Crippen LogP) is 6.50. The van der Waals surface area contributed by atoms with Crippen molar-refractivity contribution in [1.82, 2.24) is 24.6 Å². The molecular weight excluding hydrogens is 689 g/mol. The summed E-state index contributed by atoms with van der Waals surface area (Å²) < 4.78 is 62.9. The van der Waals surface area contributed by atoms with E-state index >= 15 is 0 Å². The highest BCUT2D eigenvalue weighted by Crippen LogP contribution is 2.42. The number of nitrogens with one attached hydrogen (secondary N) is 1. The van der Waals surface area contributed by atoms with Gasteiger partial charge in [0, 0.05) is 42.1 Å². The molecule has 7 aromatic rings. The number of carbonyl (C=O) groups is 1. The van der Waals surface area contributed by atoms with Gasteiger partial charge in [-0.2, -0.15) is 5.26 Å². The van der Waals surface area contributed by atoms with Crippen LogP contribution < -0.4 is 9.62 Å². The second-order valence-corrected chi connectivity index (χ2v) is 15.2.